The van der Waals surface area contributed by atoms with E-state index in [9.17, 15) is 10.2 Å². The molecule has 1 unspecified atom stereocenters. The van der Waals surface area contributed by atoms with Gasteiger partial charge >= 0.3 is 0 Å². The summed E-state index contributed by atoms with van der Waals surface area (Å²) in [5.74, 6) is 0.258. The van der Waals surface area contributed by atoms with E-state index in [1.54, 1.807) is 13.1 Å². The van der Waals surface area contributed by atoms with Gasteiger partial charge in [0.25, 0.3) is 0 Å². The Morgan fingerprint density at radius 2 is 2.00 bits per heavy atom. The summed E-state index contributed by atoms with van der Waals surface area (Å²) in [5, 5.41) is 30.4. The van der Waals surface area contributed by atoms with Crippen molar-refractivity contribution < 1.29 is 10.2 Å². The van der Waals surface area contributed by atoms with Gasteiger partial charge in [-0.05, 0) is 51.3 Å². The molecule has 1 saturated carbocycles. The van der Waals surface area contributed by atoms with Gasteiger partial charge in [-0.1, -0.05) is 18.6 Å². The van der Waals surface area contributed by atoms with Crippen LogP contribution in [0.25, 0.3) is 0 Å². The highest BCUT2D eigenvalue weighted by Crippen LogP contribution is 2.43. The Kier molecular flexibility index (Phi) is 6.04. The van der Waals surface area contributed by atoms with Gasteiger partial charge in [-0.2, -0.15) is 5.10 Å². The maximum atomic E-state index is 10.5. The molecule has 1 aromatic carbocycles. The van der Waals surface area contributed by atoms with Crippen LogP contribution in [-0.4, -0.2) is 46.1 Å². The van der Waals surface area contributed by atoms with Gasteiger partial charge in [0, 0.05) is 25.7 Å². The summed E-state index contributed by atoms with van der Waals surface area (Å²) >= 11 is 5.67. The van der Waals surface area contributed by atoms with Gasteiger partial charge in [-0.15, -0.1) is 0 Å². The summed E-state index contributed by atoms with van der Waals surface area (Å²) in [7, 11) is 1.80. The lowest BCUT2D eigenvalue weighted by molar-refractivity contribution is 0.314. The first-order valence-corrected chi connectivity index (χ1v) is 8.98. The number of phenols is 2. The number of nitrogens with zero attached hydrogens (tertiary/aromatic N) is 2. The number of hydrogen-bond acceptors (Lipinski definition) is 5. The van der Waals surface area contributed by atoms with E-state index in [1.807, 2.05) is 5.01 Å². The molecule has 1 aromatic rings. The smallest absolute Gasteiger partial charge is 0.120 e. The summed E-state index contributed by atoms with van der Waals surface area (Å²) in [6, 6.07) is 4.62. The van der Waals surface area contributed by atoms with Crippen LogP contribution in [0, 0.1) is 0 Å². The van der Waals surface area contributed by atoms with Crippen molar-refractivity contribution in [2.45, 2.75) is 44.9 Å². The summed E-state index contributed by atoms with van der Waals surface area (Å²) in [4.78, 5) is 0.633. The molecule has 5 nitrogen and oxygen atoms in total. The second kappa shape index (κ2) is 7.83. The van der Waals surface area contributed by atoms with E-state index in [0.29, 0.717) is 10.6 Å². The Bertz CT molecular complexity index is 629. The maximum Gasteiger partial charge on any atom is 0.120 e. The molecule has 0 radical (unpaired) electrons. The molecule has 1 aliphatic carbocycles. The minimum absolute atomic E-state index is 0.119. The molecular formula is C18H27N3O2S. The first-order chi connectivity index (χ1) is 11.5. The number of aromatic hydroxyl groups is 2. The molecule has 0 saturated heterocycles. The van der Waals surface area contributed by atoms with Crippen LogP contribution in [0.5, 0.6) is 11.5 Å². The Labute approximate surface area is 149 Å². The van der Waals surface area contributed by atoms with Gasteiger partial charge in [0.1, 0.15) is 11.5 Å². The van der Waals surface area contributed by atoms with Gasteiger partial charge in [0.05, 0.1) is 16.1 Å². The number of hydrazone groups is 1. The molecule has 1 fully saturated rings. The first-order valence-electron chi connectivity index (χ1n) is 8.57. The fraction of sp³-hybridized carbons (Fsp3) is 0.556. The highest BCUT2D eigenvalue weighted by molar-refractivity contribution is 7.80. The molecule has 3 N–H and O–H groups in total. The van der Waals surface area contributed by atoms with Gasteiger partial charge in [0.15, 0.2) is 0 Å². The van der Waals surface area contributed by atoms with Gasteiger partial charge in [-0.3, -0.25) is 5.01 Å². The van der Waals surface area contributed by atoms with Gasteiger partial charge < -0.3 is 15.5 Å². The molecule has 132 valence electrons. The second-order valence-corrected chi connectivity index (χ2v) is 6.49. The molecule has 0 bridgehead atoms. The van der Waals surface area contributed by atoms with Crippen molar-refractivity contribution in [2.24, 2.45) is 5.10 Å². The van der Waals surface area contributed by atoms with Crippen LogP contribution >= 0.6 is 12.2 Å². The Hall–Kier alpha value is -1.82. The second-order valence-electron chi connectivity index (χ2n) is 6.08. The third kappa shape index (κ3) is 3.34. The zero-order valence-electron chi connectivity index (χ0n) is 14.7. The van der Waals surface area contributed by atoms with Crippen LogP contribution in [0.4, 0.5) is 0 Å². The molecule has 24 heavy (non-hydrogen) atoms. The average Bonchev–Trinajstić information content (AvgIpc) is 2.61. The lowest BCUT2D eigenvalue weighted by atomic mass is 9.67. The molecule has 1 aliphatic rings. The Morgan fingerprint density at radius 3 is 2.62 bits per heavy atom. The first kappa shape index (κ1) is 18.5. The zero-order valence-corrected chi connectivity index (χ0v) is 15.5. The largest absolute Gasteiger partial charge is 0.508 e. The molecule has 0 aromatic heterocycles. The minimum Gasteiger partial charge on any atom is -0.508 e. The van der Waals surface area contributed by atoms with Crippen LogP contribution in [-0.2, 0) is 5.41 Å². The molecule has 1 atom stereocenters. The zero-order chi connectivity index (χ0) is 17.7. The van der Waals surface area contributed by atoms with Crippen LogP contribution in [0.3, 0.4) is 0 Å². The van der Waals surface area contributed by atoms with Crippen molar-refractivity contribution in [1.82, 2.24) is 10.3 Å². The number of thiocarbonyl (C=S) groups is 1. The molecule has 0 amide bonds. The van der Waals surface area contributed by atoms with Crippen molar-refractivity contribution in [3.63, 3.8) is 0 Å². The van der Waals surface area contributed by atoms with E-state index in [0.717, 1.165) is 44.5 Å². The normalized spacial score (nSPS) is 22.4. The molecule has 0 spiro atoms. The van der Waals surface area contributed by atoms with Crippen molar-refractivity contribution in [3.8, 4) is 11.5 Å². The molecule has 0 aliphatic heterocycles. The van der Waals surface area contributed by atoms with Crippen LogP contribution in [0.2, 0.25) is 0 Å². The van der Waals surface area contributed by atoms with E-state index < -0.39 is 5.41 Å². The van der Waals surface area contributed by atoms with E-state index >= 15 is 0 Å². The number of hydrogen-bond donors (Lipinski definition) is 3. The van der Waals surface area contributed by atoms with Crippen molar-refractivity contribution in [3.05, 3.63) is 23.8 Å². The van der Waals surface area contributed by atoms with E-state index in [-0.39, 0.29) is 11.5 Å². The van der Waals surface area contributed by atoms with Crippen molar-refractivity contribution in [1.29, 1.82) is 0 Å². The summed E-state index contributed by atoms with van der Waals surface area (Å²) in [5.41, 5.74) is 0.915. The van der Waals surface area contributed by atoms with Crippen LogP contribution < -0.4 is 5.32 Å². The third-order valence-corrected chi connectivity index (χ3v) is 5.31. The predicted octanol–water partition coefficient (Wildman–Crippen LogP) is 3.15. The van der Waals surface area contributed by atoms with Crippen LogP contribution in [0.15, 0.2) is 23.3 Å². The summed E-state index contributed by atoms with van der Waals surface area (Å²) in [6.45, 7) is 5.77. The fourth-order valence-electron chi connectivity index (χ4n) is 3.45. The SMILES string of the molecule is CCN(CC)N=C1CCCCC1(C(=S)NC)c1cc(O)ccc1O. The van der Waals surface area contributed by atoms with Crippen LogP contribution in [0.1, 0.15) is 45.1 Å². The molecule has 2 rings (SSSR count). The highest BCUT2D eigenvalue weighted by Gasteiger charge is 2.45. The van der Waals surface area contributed by atoms with Crippen molar-refractivity contribution >= 4 is 22.9 Å². The average molecular weight is 350 g/mol. The number of phenolic OH excluding ortho intramolecular Hbond substituents is 2. The number of likely N-dealkylation sites (N-methyl/N-ethyl adjacent to an activating group) is 1. The third-order valence-electron chi connectivity index (χ3n) is 4.75. The monoisotopic (exact) mass is 349 g/mol. The molecule has 0 heterocycles. The van der Waals surface area contributed by atoms with Gasteiger partial charge in [0.2, 0.25) is 0 Å². The topological polar surface area (TPSA) is 68.1 Å². The lowest BCUT2D eigenvalue weighted by Gasteiger charge is -2.40. The highest BCUT2D eigenvalue weighted by atomic mass is 32.1. The Balaban J connectivity index is 2.68. The van der Waals surface area contributed by atoms with E-state index in [2.05, 4.69) is 19.2 Å². The Morgan fingerprint density at radius 1 is 1.29 bits per heavy atom. The number of nitrogens with one attached hydrogen (secondary N) is 1. The minimum atomic E-state index is -0.673. The quantitative estimate of drug-likeness (QED) is 0.433. The maximum absolute atomic E-state index is 10.5. The summed E-state index contributed by atoms with van der Waals surface area (Å²) < 4.78 is 0. The standard InChI is InChI=1S/C18H27N3O2S/c1-4-21(5-2)20-16-8-6-7-11-18(16,17(24)19-3)14-12-13(22)9-10-15(14)23/h9-10,12,22-23H,4-8,11H2,1-3H3,(H,19,24). The van der Waals surface area contributed by atoms with E-state index in [4.69, 9.17) is 17.3 Å². The number of benzene rings is 1. The predicted molar refractivity (Wildman–Crippen MR) is 102 cm³/mol. The molecular weight excluding hydrogens is 322 g/mol. The van der Waals surface area contributed by atoms with Crippen molar-refractivity contribution in [2.75, 3.05) is 20.1 Å². The fourth-order valence-corrected chi connectivity index (χ4v) is 3.78. The summed E-state index contributed by atoms with van der Waals surface area (Å²) in [6.07, 6.45) is 3.64. The lowest BCUT2D eigenvalue weighted by Crippen LogP contribution is -2.50. The van der Waals surface area contributed by atoms with E-state index in [1.165, 1.54) is 12.1 Å². The molecule has 6 heteroatoms. The van der Waals surface area contributed by atoms with Gasteiger partial charge in [-0.25, -0.2) is 0 Å². The number of rotatable bonds is 5.